The average molecular weight is 217 g/mol. The summed E-state index contributed by atoms with van der Waals surface area (Å²) in [6.07, 6.45) is 0. The van der Waals surface area contributed by atoms with Crippen molar-refractivity contribution in [3.8, 4) is 0 Å². The van der Waals surface area contributed by atoms with Crippen LogP contribution in [0.1, 0.15) is 30.9 Å². The van der Waals surface area contributed by atoms with Crippen LogP contribution in [0.4, 0.5) is 0 Å². The van der Waals surface area contributed by atoms with Gasteiger partial charge in [-0.2, -0.15) is 0 Å². The van der Waals surface area contributed by atoms with Crippen LogP contribution >= 0.6 is 0 Å². The first kappa shape index (κ1) is 11.1. The highest BCUT2D eigenvalue weighted by molar-refractivity contribution is 5.97. The molecule has 0 bridgehead atoms. The van der Waals surface area contributed by atoms with Gasteiger partial charge in [0.1, 0.15) is 5.84 Å². The molecule has 1 heterocycles. The summed E-state index contributed by atoms with van der Waals surface area (Å²) < 4.78 is 0. The van der Waals surface area contributed by atoms with Crippen molar-refractivity contribution in [2.75, 3.05) is 13.1 Å². The number of hydrogen-bond acceptors (Lipinski definition) is 2. The van der Waals surface area contributed by atoms with E-state index in [2.05, 4.69) is 48.4 Å². The number of hydrogen-bond donors (Lipinski definition) is 2. The van der Waals surface area contributed by atoms with E-state index >= 15 is 0 Å². The molecule has 0 aromatic heterocycles. The van der Waals surface area contributed by atoms with Crippen molar-refractivity contribution < 1.29 is 0 Å². The molecule has 0 unspecified atom stereocenters. The number of nitrogens with one attached hydrogen (secondary N) is 1. The molecule has 0 aliphatic carbocycles. The third-order valence-electron chi connectivity index (χ3n) is 2.95. The second kappa shape index (κ2) is 4.66. The first-order valence-electron chi connectivity index (χ1n) is 5.81. The lowest BCUT2D eigenvalue weighted by atomic mass is 10.0. The first-order valence-corrected chi connectivity index (χ1v) is 5.81. The van der Waals surface area contributed by atoms with Crippen molar-refractivity contribution in [1.29, 1.82) is 0 Å². The molecule has 3 nitrogen and oxygen atoms in total. The topological polar surface area (TPSA) is 50.4 Å². The maximum atomic E-state index is 5.95. The van der Waals surface area contributed by atoms with E-state index in [1.54, 1.807) is 0 Å². The molecule has 0 amide bonds. The molecule has 0 spiro atoms. The highest BCUT2D eigenvalue weighted by Crippen LogP contribution is 2.14. The number of aliphatic imine (C=N–C) groups is 1. The van der Waals surface area contributed by atoms with Crippen LogP contribution < -0.4 is 11.1 Å². The second-order valence-electron chi connectivity index (χ2n) is 4.60. The lowest BCUT2D eigenvalue weighted by molar-refractivity contribution is 0.448. The molecule has 1 aliphatic heterocycles. The third kappa shape index (κ3) is 2.42. The van der Waals surface area contributed by atoms with Gasteiger partial charge in [0, 0.05) is 18.7 Å². The van der Waals surface area contributed by atoms with Gasteiger partial charge in [-0.05, 0) is 11.5 Å². The molecular formula is C13H19N3. The molecule has 3 heteroatoms. The zero-order valence-electron chi connectivity index (χ0n) is 9.90. The van der Waals surface area contributed by atoms with Gasteiger partial charge in [0.2, 0.25) is 0 Å². The minimum absolute atomic E-state index is 0.366. The van der Waals surface area contributed by atoms with E-state index in [4.69, 9.17) is 5.73 Å². The summed E-state index contributed by atoms with van der Waals surface area (Å²) in [5, 5.41) is 3.18. The minimum atomic E-state index is 0.366. The minimum Gasteiger partial charge on any atom is -0.383 e. The fourth-order valence-corrected chi connectivity index (χ4v) is 1.67. The molecule has 16 heavy (non-hydrogen) atoms. The van der Waals surface area contributed by atoms with Gasteiger partial charge in [-0.1, -0.05) is 38.1 Å². The van der Waals surface area contributed by atoms with Gasteiger partial charge in [0.05, 0.1) is 6.04 Å². The number of nitrogens with two attached hydrogens (primary N) is 1. The van der Waals surface area contributed by atoms with E-state index in [1.807, 2.05) is 0 Å². The van der Waals surface area contributed by atoms with Crippen molar-refractivity contribution in [3.05, 3.63) is 35.4 Å². The summed E-state index contributed by atoms with van der Waals surface area (Å²) in [4.78, 5) is 4.46. The smallest absolute Gasteiger partial charge is 0.125 e. The van der Waals surface area contributed by atoms with Crippen LogP contribution in [0, 0.1) is 0 Å². The molecule has 0 radical (unpaired) electrons. The molecular weight excluding hydrogens is 198 g/mol. The van der Waals surface area contributed by atoms with E-state index in [0.29, 0.717) is 17.8 Å². The third-order valence-corrected chi connectivity index (χ3v) is 2.95. The normalized spacial score (nSPS) is 17.6. The Labute approximate surface area is 96.8 Å². The van der Waals surface area contributed by atoms with Gasteiger partial charge in [-0.3, -0.25) is 4.99 Å². The summed E-state index contributed by atoms with van der Waals surface area (Å²) in [7, 11) is 0. The van der Waals surface area contributed by atoms with Crippen molar-refractivity contribution >= 4 is 5.84 Å². The Kier molecular flexibility index (Phi) is 3.25. The molecule has 0 saturated carbocycles. The van der Waals surface area contributed by atoms with Crippen molar-refractivity contribution in [1.82, 2.24) is 5.32 Å². The van der Waals surface area contributed by atoms with Gasteiger partial charge in [0.25, 0.3) is 0 Å². The molecule has 2 rings (SSSR count). The number of amidine groups is 1. The maximum absolute atomic E-state index is 5.95. The van der Waals surface area contributed by atoms with Crippen LogP contribution in [-0.2, 0) is 0 Å². The van der Waals surface area contributed by atoms with Gasteiger partial charge >= 0.3 is 0 Å². The first-order chi connectivity index (χ1) is 7.66. The summed E-state index contributed by atoms with van der Waals surface area (Å²) in [6.45, 7) is 6.27. The molecule has 1 saturated heterocycles. The second-order valence-corrected chi connectivity index (χ2v) is 4.60. The maximum Gasteiger partial charge on any atom is 0.125 e. The molecule has 0 atom stereocenters. The Morgan fingerprint density at radius 3 is 2.38 bits per heavy atom. The summed E-state index contributed by atoms with van der Waals surface area (Å²) in [6, 6.07) is 8.73. The Bertz CT molecular complexity index is 375. The lowest BCUT2D eigenvalue weighted by Crippen LogP contribution is -2.46. The SMILES string of the molecule is CC(C)c1ccc(C(N)=NC2CNC2)cc1. The monoisotopic (exact) mass is 217 g/mol. The molecule has 1 aromatic carbocycles. The number of benzene rings is 1. The Morgan fingerprint density at radius 1 is 1.31 bits per heavy atom. The Balaban J connectivity index is 2.11. The highest BCUT2D eigenvalue weighted by atomic mass is 15.1. The van der Waals surface area contributed by atoms with Crippen molar-refractivity contribution in [3.63, 3.8) is 0 Å². The van der Waals surface area contributed by atoms with Gasteiger partial charge in [-0.15, -0.1) is 0 Å². The van der Waals surface area contributed by atoms with Crippen molar-refractivity contribution in [2.45, 2.75) is 25.8 Å². The Hall–Kier alpha value is -1.35. The molecule has 1 aromatic rings. The largest absolute Gasteiger partial charge is 0.383 e. The summed E-state index contributed by atoms with van der Waals surface area (Å²) in [5.41, 5.74) is 8.31. The van der Waals surface area contributed by atoms with Gasteiger partial charge in [-0.25, -0.2) is 0 Å². The van der Waals surface area contributed by atoms with E-state index < -0.39 is 0 Å². The van der Waals surface area contributed by atoms with Gasteiger partial charge < -0.3 is 11.1 Å². The molecule has 3 N–H and O–H groups in total. The fraction of sp³-hybridized carbons (Fsp3) is 0.462. The predicted octanol–water partition coefficient (Wildman–Crippen LogP) is 1.49. The zero-order valence-corrected chi connectivity index (χ0v) is 9.90. The van der Waals surface area contributed by atoms with Gasteiger partial charge in [0.15, 0.2) is 0 Å². The number of nitrogens with zero attached hydrogens (tertiary/aromatic N) is 1. The van der Waals surface area contributed by atoms with E-state index in [0.717, 1.165) is 18.7 Å². The lowest BCUT2D eigenvalue weighted by Gasteiger charge is -2.23. The van der Waals surface area contributed by atoms with E-state index in [-0.39, 0.29) is 0 Å². The fourth-order valence-electron chi connectivity index (χ4n) is 1.67. The van der Waals surface area contributed by atoms with Crippen LogP contribution in [0.25, 0.3) is 0 Å². The molecule has 86 valence electrons. The van der Waals surface area contributed by atoms with Crippen LogP contribution in [-0.4, -0.2) is 25.0 Å². The van der Waals surface area contributed by atoms with Crippen LogP contribution in [0.15, 0.2) is 29.3 Å². The quantitative estimate of drug-likeness (QED) is 0.595. The highest BCUT2D eigenvalue weighted by Gasteiger charge is 2.15. The molecule has 1 aliphatic rings. The average Bonchev–Trinajstić information content (AvgIpc) is 2.23. The predicted molar refractivity (Wildman–Crippen MR) is 67.9 cm³/mol. The zero-order chi connectivity index (χ0) is 11.5. The number of rotatable bonds is 3. The summed E-state index contributed by atoms with van der Waals surface area (Å²) >= 11 is 0. The standard InChI is InChI=1S/C13H19N3/c1-9(2)10-3-5-11(6-4-10)13(14)16-12-7-15-8-12/h3-6,9,12,15H,7-8H2,1-2H3,(H2,14,16). The van der Waals surface area contributed by atoms with Crippen LogP contribution in [0.2, 0.25) is 0 Å². The van der Waals surface area contributed by atoms with E-state index in [1.165, 1.54) is 5.56 Å². The van der Waals surface area contributed by atoms with E-state index in [9.17, 15) is 0 Å². The van der Waals surface area contributed by atoms with Crippen LogP contribution in [0.5, 0.6) is 0 Å². The summed E-state index contributed by atoms with van der Waals surface area (Å²) in [5.74, 6) is 1.21. The van der Waals surface area contributed by atoms with Crippen LogP contribution in [0.3, 0.4) is 0 Å². The molecule has 1 fully saturated rings. The van der Waals surface area contributed by atoms with Crippen molar-refractivity contribution in [2.24, 2.45) is 10.7 Å². The Morgan fingerprint density at radius 2 is 1.94 bits per heavy atom.